The van der Waals surface area contributed by atoms with Gasteiger partial charge in [0, 0.05) is 11.4 Å². The topological polar surface area (TPSA) is 65.7 Å². The van der Waals surface area contributed by atoms with Crippen LogP contribution in [0, 0.1) is 0 Å². The van der Waals surface area contributed by atoms with Crippen molar-refractivity contribution in [2.75, 3.05) is 0 Å². The third-order valence-corrected chi connectivity index (χ3v) is 5.66. The predicted molar refractivity (Wildman–Crippen MR) is 124 cm³/mol. The summed E-state index contributed by atoms with van der Waals surface area (Å²) in [4.78, 5) is 32.5. The van der Waals surface area contributed by atoms with Crippen LogP contribution in [-0.4, -0.2) is 21.5 Å². The maximum absolute atomic E-state index is 13.1. The highest BCUT2D eigenvalue weighted by Crippen LogP contribution is 2.30. The Labute approximate surface area is 182 Å². The molecule has 4 rings (SSSR count). The van der Waals surface area contributed by atoms with Gasteiger partial charge in [-0.2, -0.15) is 0 Å². The standard InChI is InChI=1S/C27H26N2O2/c1-3-20-21(4-2)27(29-26(20)19-13-9-6-10-14-19)25(31)17-24(30)23-16-15-22(28-23)18-11-7-5-8-12-18/h5-16,28-29H,3-4,17H2,1-2H3. The molecule has 2 aromatic carbocycles. The fourth-order valence-corrected chi connectivity index (χ4v) is 4.12. The van der Waals surface area contributed by atoms with Crippen molar-refractivity contribution in [3.63, 3.8) is 0 Å². The Hall–Kier alpha value is -3.66. The number of Topliss-reactive ketones (excluding diaryl/α,β-unsaturated/α-hetero) is 2. The molecule has 0 saturated carbocycles. The second kappa shape index (κ2) is 9.00. The second-order valence-electron chi connectivity index (χ2n) is 7.58. The highest BCUT2D eigenvalue weighted by atomic mass is 16.1. The number of aromatic amines is 2. The van der Waals surface area contributed by atoms with Gasteiger partial charge in [0.1, 0.15) is 0 Å². The summed E-state index contributed by atoms with van der Waals surface area (Å²) in [5.74, 6) is -0.377. The Bertz CT molecular complexity index is 1200. The first kappa shape index (κ1) is 20.6. The minimum Gasteiger partial charge on any atom is -0.352 e. The van der Waals surface area contributed by atoms with Gasteiger partial charge in [0.05, 0.1) is 17.8 Å². The SMILES string of the molecule is CCc1c(C(=O)CC(=O)c2ccc(-c3ccccc3)[nH]2)[nH]c(-c2ccccc2)c1CC. The van der Waals surface area contributed by atoms with Crippen molar-refractivity contribution in [2.24, 2.45) is 0 Å². The molecule has 0 atom stereocenters. The molecule has 0 saturated heterocycles. The van der Waals surface area contributed by atoms with Gasteiger partial charge in [-0.3, -0.25) is 9.59 Å². The summed E-state index contributed by atoms with van der Waals surface area (Å²) < 4.78 is 0. The molecule has 4 heteroatoms. The van der Waals surface area contributed by atoms with Crippen molar-refractivity contribution in [1.82, 2.24) is 9.97 Å². The molecule has 4 nitrogen and oxygen atoms in total. The number of benzene rings is 2. The zero-order valence-corrected chi connectivity index (χ0v) is 17.9. The Morgan fingerprint density at radius 2 is 1.29 bits per heavy atom. The molecule has 0 fully saturated rings. The van der Waals surface area contributed by atoms with E-state index < -0.39 is 0 Å². The molecule has 0 aliphatic rings. The van der Waals surface area contributed by atoms with E-state index in [0.29, 0.717) is 11.4 Å². The lowest BCUT2D eigenvalue weighted by molar-refractivity contribution is 0.0889. The van der Waals surface area contributed by atoms with Crippen molar-refractivity contribution in [3.05, 3.63) is 95.3 Å². The van der Waals surface area contributed by atoms with Gasteiger partial charge in [0.2, 0.25) is 0 Å². The lowest BCUT2D eigenvalue weighted by Gasteiger charge is -2.04. The largest absolute Gasteiger partial charge is 0.352 e. The molecule has 0 bridgehead atoms. The van der Waals surface area contributed by atoms with Crippen LogP contribution in [0.4, 0.5) is 0 Å². The maximum atomic E-state index is 13.1. The number of carbonyl (C=O) groups excluding carboxylic acids is 2. The lowest BCUT2D eigenvalue weighted by atomic mass is 9.98. The van der Waals surface area contributed by atoms with Gasteiger partial charge in [-0.05, 0) is 47.2 Å². The van der Waals surface area contributed by atoms with Gasteiger partial charge in [-0.1, -0.05) is 74.5 Å². The number of rotatable bonds is 8. The molecule has 0 amide bonds. The molecule has 0 unspecified atom stereocenters. The number of nitrogens with one attached hydrogen (secondary N) is 2. The molecule has 0 aliphatic carbocycles. The third kappa shape index (κ3) is 4.15. The zero-order valence-electron chi connectivity index (χ0n) is 17.9. The van der Waals surface area contributed by atoms with Crippen LogP contribution < -0.4 is 0 Å². The minimum absolute atomic E-state index is 0.167. The number of carbonyl (C=O) groups is 2. The quantitative estimate of drug-likeness (QED) is 0.266. The van der Waals surface area contributed by atoms with Crippen LogP contribution in [0.3, 0.4) is 0 Å². The van der Waals surface area contributed by atoms with Crippen molar-refractivity contribution in [2.45, 2.75) is 33.1 Å². The molecule has 4 aromatic rings. The van der Waals surface area contributed by atoms with Crippen molar-refractivity contribution >= 4 is 11.6 Å². The van der Waals surface area contributed by atoms with E-state index in [4.69, 9.17) is 0 Å². The first-order chi connectivity index (χ1) is 15.1. The van der Waals surface area contributed by atoms with Crippen LogP contribution in [0.5, 0.6) is 0 Å². The monoisotopic (exact) mass is 410 g/mol. The Kier molecular flexibility index (Phi) is 5.99. The van der Waals surface area contributed by atoms with E-state index in [9.17, 15) is 9.59 Å². The summed E-state index contributed by atoms with van der Waals surface area (Å²) in [6, 6.07) is 23.5. The molecule has 2 aromatic heterocycles. The maximum Gasteiger partial charge on any atom is 0.187 e. The molecule has 0 aliphatic heterocycles. The molecular formula is C27H26N2O2. The van der Waals surface area contributed by atoms with Crippen LogP contribution in [0.15, 0.2) is 72.8 Å². The molecule has 2 heterocycles. The summed E-state index contributed by atoms with van der Waals surface area (Å²) in [6.07, 6.45) is 1.39. The van der Waals surface area contributed by atoms with Crippen molar-refractivity contribution < 1.29 is 9.59 Å². The summed E-state index contributed by atoms with van der Waals surface area (Å²) in [6.45, 7) is 4.14. The van der Waals surface area contributed by atoms with E-state index in [1.807, 2.05) is 73.7 Å². The fourth-order valence-electron chi connectivity index (χ4n) is 4.12. The van der Waals surface area contributed by atoms with E-state index in [2.05, 4.69) is 16.9 Å². The summed E-state index contributed by atoms with van der Waals surface area (Å²) in [7, 11) is 0. The summed E-state index contributed by atoms with van der Waals surface area (Å²) in [5.41, 5.74) is 7.07. The van der Waals surface area contributed by atoms with E-state index in [0.717, 1.165) is 46.5 Å². The number of H-pyrrole nitrogens is 2. The smallest absolute Gasteiger partial charge is 0.187 e. The lowest BCUT2D eigenvalue weighted by Crippen LogP contribution is -2.11. The molecule has 0 spiro atoms. The highest BCUT2D eigenvalue weighted by molar-refractivity contribution is 6.13. The number of hydrogen-bond donors (Lipinski definition) is 2. The average Bonchev–Trinajstić information content (AvgIpc) is 3.45. The zero-order chi connectivity index (χ0) is 21.8. The third-order valence-electron chi connectivity index (χ3n) is 5.66. The van der Waals surface area contributed by atoms with Gasteiger partial charge in [0.25, 0.3) is 0 Å². The molecule has 0 radical (unpaired) electrons. The first-order valence-corrected chi connectivity index (χ1v) is 10.7. The van der Waals surface area contributed by atoms with Crippen molar-refractivity contribution in [3.8, 4) is 22.5 Å². The van der Waals surface area contributed by atoms with Crippen LogP contribution in [0.25, 0.3) is 22.5 Å². The van der Waals surface area contributed by atoms with Crippen LogP contribution in [0.1, 0.15) is 52.4 Å². The average molecular weight is 411 g/mol. The van der Waals surface area contributed by atoms with E-state index in [-0.39, 0.29) is 18.0 Å². The van der Waals surface area contributed by atoms with E-state index >= 15 is 0 Å². The molecule has 2 N–H and O–H groups in total. The fraction of sp³-hybridized carbons (Fsp3) is 0.185. The van der Waals surface area contributed by atoms with Crippen LogP contribution in [-0.2, 0) is 12.8 Å². The van der Waals surface area contributed by atoms with Gasteiger partial charge in [0.15, 0.2) is 11.6 Å². The van der Waals surface area contributed by atoms with Gasteiger partial charge in [-0.15, -0.1) is 0 Å². The van der Waals surface area contributed by atoms with E-state index in [1.54, 1.807) is 6.07 Å². The Balaban J connectivity index is 1.59. The van der Waals surface area contributed by atoms with Crippen LogP contribution in [0.2, 0.25) is 0 Å². The number of aromatic nitrogens is 2. The van der Waals surface area contributed by atoms with Gasteiger partial charge >= 0.3 is 0 Å². The summed E-state index contributed by atoms with van der Waals surface area (Å²) in [5, 5.41) is 0. The second-order valence-corrected chi connectivity index (χ2v) is 7.58. The minimum atomic E-state index is -0.205. The Morgan fingerprint density at radius 3 is 1.90 bits per heavy atom. The summed E-state index contributed by atoms with van der Waals surface area (Å²) >= 11 is 0. The molecular weight excluding hydrogens is 384 g/mol. The van der Waals surface area contributed by atoms with Crippen LogP contribution >= 0.6 is 0 Å². The first-order valence-electron chi connectivity index (χ1n) is 10.7. The van der Waals surface area contributed by atoms with Gasteiger partial charge < -0.3 is 9.97 Å². The molecule has 156 valence electrons. The number of ketones is 2. The van der Waals surface area contributed by atoms with E-state index in [1.165, 1.54) is 0 Å². The molecule has 31 heavy (non-hydrogen) atoms. The predicted octanol–water partition coefficient (Wildman–Crippen LogP) is 6.26. The highest BCUT2D eigenvalue weighted by Gasteiger charge is 2.23. The Morgan fingerprint density at radius 1 is 0.677 bits per heavy atom. The van der Waals surface area contributed by atoms with Gasteiger partial charge in [-0.25, -0.2) is 0 Å². The van der Waals surface area contributed by atoms with Crippen molar-refractivity contribution in [1.29, 1.82) is 0 Å². The number of hydrogen-bond acceptors (Lipinski definition) is 2. The normalized spacial score (nSPS) is 10.9.